The molecule has 5 nitrogen and oxygen atoms in total. The lowest BCUT2D eigenvalue weighted by Crippen LogP contribution is -2.18. The zero-order valence-corrected chi connectivity index (χ0v) is 10.1. The summed E-state index contributed by atoms with van der Waals surface area (Å²) in [4.78, 5) is 11.2. The van der Waals surface area contributed by atoms with E-state index in [0.717, 1.165) is 0 Å². The number of halogens is 3. The Labute approximate surface area is 106 Å². The zero-order valence-electron chi connectivity index (χ0n) is 10.1. The predicted molar refractivity (Wildman–Crippen MR) is 61.0 cm³/mol. The van der Waals surface area contributed by atoms with Crippen LogP contribution in [0.1, 0.15) is 5.82 Å². The topological polar surface area (TPSA) is 60.0 Å². The molecule has 0 fully saturated rings. The summed E-state index contributed by atoms with van der Waals surface area (Å²) in [5, 5.41) is 0. The van der Waals surface area contributed by atoms with E-state index in [-0.39, 0.29) is 13.0 Å². The predicted octanol–water partition coefficient (Wildman–Crippen LogP) is 2.09. The number of imidazole rings is 1. The fourth-order valence-corrected chi connectivity index (χ4v) is 1.51. The molecule has 0 bridgehead atoms. The highest BCUT2D eigenvalue weighted by atomic mass is 19.4. The van der Waals surface area contributed by atoms with Crippen LogP contribution < -0.4 is 4.74 Å². The number of nitrogens with one attached hydrogen (secondary N) is 1. The molecular weight excluding hydrogens is 263 g/mol. The smallest absolute Gasteiger partial charge is 0.411 e. The highest BCUT2D eigenvalue weighted by Crippen LogP contribution is 2.16. The zero-order chi connectivity index (χ0) is 13.9. The summed E-state index contributed by atoms with van der Waals surface area (Å²) in [5.74, 6) is 0.955. The van der Waals surface area contributed by atoms with Gasteiger partial charge in [-0.25, -0.2) is 4.98 Å². The van der Waals surface area contributed by atoms with Gasteiger partial charge in [0, 0.05) is 12.5 Å². The van der Waals surface area contributed by atoms with Crippen molar-refractivity contribution in [3.63, 3.8) is 0 Å². The lowest BCUT2D eigenvalue weighted by molar-refractivity contribution is -0.173. The van der Waals surface area contributed by atoms with E-state index in [4.69, 9.17) is 4.74 Å². The van der Waals surface area contributed by atoms with Crippen LogP contribution in [0.2, 0.25) is 0 Å². The molecule has 0 saturated carbocycles. The molecule has 0 unspecified atom stereocenters. The Balaban J connectivity index is 1.94. The van der Waals surface area contributed by atoms with Gasteiger partial charge in [-0.1, -0.05) is 0 Å². The lowest BCUT2D eigenvalue weighted by atomic mass is 10.4. The number of H-pyrrole nitrogens is 1. The Morgan fingerprint density at radius 1 is 1.26 bits per heavy atom. The van der Waals surface area contributed by atoms with Crippen molar-refractivity contribution in [2.75, 3.05) is 20.3 Å². The molecule has 0 spiro atoms. The summed E-state index contributed by atoms with van der Waals surface area (Å²) in [5.41, 5.74) is 1.16. The van der Waals surface area contributed by atoms with E-state index in [9.17, 15) is 13.2 Å². The van der Waals surface area contributed by atoms with Crippen molar-refractivity contribution in [1.82, 2.24) is 15.0 Å². The van der Waals surface area contributed by atoms with Gasteiger partial charge in [-0.05, 0) is 6.07 Å². The molecule has 2 heterocycles. The number of rotatable bonds is 5. The minimum absolute atomic E-state index is 0.0591. The third-order valence-corrected chi connectivity index (χ3v) is 2.33. The molecule has 0 aliphatic carbocycles. The molecule has 0 atom stereocenters. The summed E-state index contributed by atoms with van der Waals surface area (Å²) >= 11 is 0. The fourth-order valence-electron chi connectivity index (χ4n) is 1.51. The summed E-state index contributed by atoms with van der Waals surface area (Å²) in [6, 6.07) is 3.42. The number of aromatic amines is 1. The number of ether oxygens (including phenoxy) is 2. The maximum Gasteiger partial charge on any atom is 0.411 e. The second-order valence-corrected chi connectivity index (χ2v) is 3.83. The summed E-state index contributed by atoms with van der Waals surface area (Å²) in [6.07, 6.45) is -4.04. The Bertz CT molecular complexity index is 554. The second kappa shape index (κ2) is 5.43. The lowest BCUT2D eigenvalue weighted by Gasteiger charge is -2.06. The number of fused-ring (bicyclic) bond motifs is 1. The van der Waals surface area contributed by atoms with Gasteiger partial charge in [0.05, 0.1) is 19.2 Å². The average Bonchev–Trinajstić information content (AvgIpc) is 2.75. The molecule has 2 aromatic rings. The number of pyridine rings is 1. The molecule has 104 valence electrons. The van der Waals surface area contributed by atoms with Crippen LogP contribution in [-0.4, -0.2) is 41.5 Å². The first-order valence-corrected chi connectivity index (χ1v) is 5.52. The van der Waals surface area contributed by atoms with Crippen LogP contribution in [-0.2, 0) is 11.2 Å². The molecule has 8 heteroatoms. The SMILES string of the molecule is COc1ccc2[nH]c(CCOCC(F)(F)F)nc2n1. The van der Waals surface area contributed by atoms with E-state index >= 15 is 0 Å². The average molecular weight is 275 g/mol. The monoisotopic (exact) mass is 275 g/mol. The van der Waals surface area contributed by atoms with Crippen LogP contribution in [0.3, 0.4) is 0 Å². The number of hydrogen-bond donors (Lipinski definition) is 1. The van der Waals surface area contributed by atoms with Gasteiger partial charge in [0.15, 0.2) is 5.65 Å². The van der Waals surface area contributed by atoms with Gasteiger partial charge in [0.25, 0.3) is 0 Å². The number of methoxy groups -OCH3 is 1. The van der Waals surface area contributed by atoms with E-state index in [1.165, 1.54) is 7.11 Å². The summed E-state index contributed by atoms with van der Waals surface area (Å²) < 4.78 is 45.0. The van der Waals surface area contributed by atoms with Gasteiger partial charge >= 0.3 is 6.18 Å². The first kappa shape index (κ1) is 13.6. The third kappa shape index (κ3) is 3.82. The molecule has 1 N–H and O–H groups in total. The third-order valence-electron chi connectivity index (χ3n) is 2.33. The molecule has 0 aliphatic rings. The highest BCUT2D eigenvalue weighted by Gasteiger charge is 2.27. The van der Waals surface area contributed by atoms with Crippen LogP contribution in [0.25, 0.3) is 11.2 Å². The minimum atomic E-state index is -4.30. The Morgan fingerprint density at radius 2 is 2.05 bits per heavy atom. The van der Waals surface area contributed by atoms with Gasteiger partial charge in [-0.3, -0.25) is 0 Å². The van der Waals surface area contributed by atoms with E-state index < -0.39 is 12.8 Å². The van der Waals surface area contributed by atoms with Crippen molar-refractivity contribution in [2.45, 2.75) is 12.6 Å². The van der Waals surface area contributed by atoms with Crippen molar-refractivity contribution in [3.05, 3.63) is 18.0 Å². The van der Waals surface area contributed by atoms with Crippen LogP contribution in [0.15, 0.2) is 12.1 Å². The first-order valence-electron chi connectivity index (χ1n) is 5.52. The second-order valence-electron chi connectivity index (χ2n) is 3.83. The molecule has 0 aliphatic heterocycles. The standard InChI is InChI=1S/C11H12F3N3O2/c1-18-9-3-2-7-10(17-9)16-8(15-7)4-5-19-6-11(12,13)14/h2-3H,4-6H2,1H3,(H,15,16,17). The first-order chi connectivity index (χ1) is 8.98. The summed E-state index contributed by atoms with van der Waals surface area (Å²) in [7, 11) is 1.49. The van der Waals surface area contributed by atoms with E-state index in [1.54, 1.807) is 12.1 Å². The summed E-state index contributed by atoms with van der Waals surface area (Å²) in [6.45, 7) is -1.31. The molecule has 0 amide bonds. The van der Waals surface area contributed by atoms with Crippen molar-refractivity contribution < 1.29 is 22.6 Å². The van der Waals surface area contributed by atoms with E-state index in [2.05, 4.69) is 19.7 Å². The molecular formula is C11H12F3N3O2. The van der Waals surface area contributed by atoms with Crippen molar-refractivity contribution >= 4 is 11.2 Å². The van der Waals surface area contributed by atoms with Crippen molar-refractivity contribution in [2.24, 2.45) is 0 Å². The molecule has 19 heavy (non-hydrogen) atoms. The quantitative estimate of drug-likeness (QED) is 0.849. The van der Waals surface area contributed by atoms with Gasteiger partial charge in [-0.15, -0.1) is 0 Å². The maximum atomic E-state index is 11.9. The van der Waals surface area contributed by atoms with Crippen LogP contribution in [0, 0.1) is 0 Å². The molecule has 0 radical (unpaired) electrons. The van der Waals surface area contributed by atoms with Gasteiger partial charge in [-0.2, -0.15) is 18.2 Å². The molecule has 0 saturated heterocycles. The number of alkyl halides is 3. The molecule has 2 aromatic heterocycles. The Morgan fingerprint density at radius 3 is 2.74 bits per heavy atom. The maximum absolute atomic E-state index is 11.9. The van der Waals surface area contributed by atoms with Gasteiger partial charge in [0.1, 0.15) is 12.4 Å². The van der Waals surface area contributed by atoms with Crippen LogP contribution >= 0.6 is 0 Å². The fraction of sp³-hybridized carbons (Fsp3) is 0.455. The number of hydrogen-bond acceptors (Lipinski definition) is 4. The largest absolute Gasteiger partial charge is 0.481 e. The van der Waals surface area contributed by atoms with E-state index in [0.29, 0.717) is 22.9 Å². The normalized spacial score (nSPS) is 12.0. The van der Waals surface area contributed by atoms with Crippen molar-refractivity contribution in [1.29, 1.82) is 0 Å². The van der Waals surface area contributed by atoms with Gasteiger partial charge < -0.3 is 14.5 Å². The minimum Gasteiger partial charge on any atom is -0.481 e. The Kier molecular flexibility index (Phi) is 3.89. The number of aromatic nitrogens is 3. The van der Waals surface area contributed by atoms with E-state index in [1.807, 2.05) is 0 Å². The van der Waals surface area contributed by atoms with Gasteiger partial charge in [0.2, 0.25) is 5.88 Å². The van der Waals surface area contributed by atoms with Crippen molar-refractivity contribution in [3.8, 4) is 5.88 Å². The van der Waals surface area contributed by atoms with Crippen LogP contribution in [0.5, 0.6) is 5.88 Å². The molecule has 0 aromatic carbocycles. The molecule has 2 rings (SSSR count). The number of nitrogens with zero attached hydrogens (tertiary/aromatic N) is 2. The Hall–Kier alpha value is -1.83. The van der Waals surface area contributed by atoms with Crippen LogP contribution in [0.4, 0.5) is 13.2 Å². The highest BCUT2D eigenvalue weighted by molar-refractivity contribution is 5.71.